The molecule has 4 heteroatoms. The van der Waals surface area contributed by atoms with Crippen LogP contribution in [0.5, 0.6) is 0 Å². The molecule has 4 nitrogen and oxygen atoms in total. The number of rotatable bonds is 7. The zero-order valence-electron chi connectivity index (χ0n) is 10.8. The Balaban J connectivity index is 2.46. The van der Waals surface area contributed by atoms with Crippen molar-refractivity contribution in [2.24, 2.45) is 5.73 Å². The van der Waals surface area contributed by atoms with E-state index in [0.29, 0.717) is 12.6 Å². The lowest BCUT2D eigenvalue weighted by Crippen LogP contribution is -2.54. The molecule has 0 amide bonds. The number of ether oxygens (including phenoxy) is 2. The van der Waals surface area contributed by atoms with E-state index < -0.39 is 0 Å². The minimum atomic E-state index is -0.178. The van der Waals surface area contributed by atoms with Crippen molar-refractivity contribution in [3.63, 3.8) is 0 Å². The minimum Gasteiger partial charge on any atom is -0.356 e. The van der Waals surface area contributed by atoms with Crippen LogP contribution in [0.25, 0.3) is 0 Å². The third-order valence-corrected chi connectivity index (χ3v) is 3.50. The maximum absolute atomic E-state index is 5.87. The second-order valence-corrected chi connectivity index (χ2v) is 5.00. The first kappa shape index (κ1) is 13.9. The molecule has 96 valence electrons. The fourth-order valence-electron chi connectivity index (χ4n) is 2.39. The van der Waals surface area contributed by atoms with E-state index in [9.17, 15) is 0 Å². The molecule has 0 heterocycles. The monoisotopic (exact) mass is 230 g/mol. The average Bonchev–Trinajstić information content (AvgIpc) is 2.78. The Labute approximate surface area is 98.9 Å². The number of hydrogen-bond donors (Lipinski definition) is 2. The van der Waals surface area contributed by atoms with Crippen molar-refractivity contribution in [3.8, 4) is 0 Å². The van der Waals surface area contributed by atoms with Crippen molar-refractivity contribution in [1.82, 2.24) is 5.32 Å². The lowest BCUT2D eigenvalue weighted by Gasteiger charge is -2.35. The van der Waals surface area contributed by atoms with Crippen LogP contribution in [0.4, 0.5) is 0 Å². The van der Waals surface area contributed by atoms with Gasteiger partial charge in [-0.15, -0.1) is 0 Å². The lowest BCUT2D eigenvalue weighted by atomic mass is 9.95. The first-order valence-electron chi connectivity index (χ1n) is 6.17. The molecule has 1 saturated carbocycles. The second kappa shape index (κ2) is 6.55. The molecule has 1 fully saturated rings. The molecule has 0 aliphatic heterocycles. The van der Waals surface area contributed by atoms with E-state index in [1.165, 1.54) is 25.7 Å². The van der Waals surface area contributed by atoms with Crippen LogP contribution >= 0.6 is 0 Å². The first-order chi connectivity index (χ1) is 7.63. The molecule has 0 spiro atoms. The molecule has 0 radical (unpaired) electrons. The fraction of sp³-hybridized carbons (Fsp3) is 1.00. The molecule has 0 aromatic carbocycles. The standard InChI is InChI=1S/C12H26N2O2/c1-12(9-13,8-11(15-2)16-3)14-10-6-4-5-7-10/h10-11,14H,4-9,13H2,1-3H3. The second-order valence-electron chi connectivity index (χ2n) is 5.00. The maximum Gasteiger partial charge on any atom is 0.158 e. The van der Waals surface area contributed by atoms with Gasteiger partial charge in [0, 0.05) is 38.8 Å². The summed E-state index contributed by atoms with van der Waals surface area (Å²) < 4.78 is 10.5. The van der Waals surface area contributed by atoms with Gasteiger partial charge >= 0.3 is 0 Å². The van der Waals surface area contributed by atoms with Gasteiger partial charge in [-0.05, 0) is 19.8 Å². The van der Waals surface area contributed by atoms with Gasteiger partial charge < -0.3 is 20.5 Å². The Hall–Kier alpha value is -0.160. The van der Waals surface area contributed by atoms with Gasteiger partial charge in [0.15, 0.2) is 6.29 Å². The summed E-state index contributed by atoms with van der Waals surface area (Å²) in [5.41, 5.74) is 5.78. The zero-order valence-corrected chi connectivity index (χ0v) is 10.8. The number of methoxy groups -OCH3 is 2. The topological polar surface area (TPSA) is 56.5 Å². The third-order valence-electron chi connectivity index (χ3n) is 3.50. The van der Waals surface area contributed by atoms with E-state index >= 15 is 0 Å². The molecule has 1 aliphatic carbocycles. The Morgan fingerprint density at radius 3 is 2.31 bits per heavy atom. The van der Waals surface area contributed by atoms with E-state index in [1.54, 1.807) is 14.2 Å². The van der Waals surface area contributed by atoms with E-state index in [-0.39, 0.29) is 11.8 Å². The van der Waals surface area contributed by atoms with E-state index in [1.807, 2.05) is 0 Å². The Morgan fingerprint density at radius 1 is 1.31 bits per heavy atom. The highest BCUT2D eigenvalue weighted by Crippen LogP contribution is 2.22. The maximum atomic E-state index is 5.87. The predicted molar refractivity (Wildman–Crippen MR) is 65.3 cm³/mol. The van der Waals surface area contributed by atoms with Crippen LogP contribution in [-0.4, -0.2) is 38.6 Å². The third kappa shape index (κ3) is 4.01. The SMILES string of the molecule is COC(CC(C)(CN)NC1CCCC1)OC. The molecule has 0 saturated heterocycles. The number of nitrogens with one attached hydrogen (secondary N) is 1. The molecule has 3 N–H and O–H groups in total. The fourth-order valence-corrected chi connectivity index (χ4v) is 2.39. The van der Waals surface area contributed by atoms with Crippen LogP contribution in [-0.2, 0) is 9.47 Å². The van der Waals surface area contributed by atoms with Crippen molar-refractivity contribution >= 4 is 0 Å². The van der Waals surface area contributed by atoms with Crippen molar-refractivity contribution < 1.29 is 9.47 Å². The van der Waals surface area contributed by atoms with E-state index in [0.717, 1.165) is 6.42 Å². The predicted octanol–water partition coefficient (Wildman–Crippen LogP) is 1.24. The van der Waals surface area contributed by atoms with Gasteiger partial charge in [0.1, 0.15) is 0 Å². The van der Waals surface area contributed by atoms with Crippen LogP contribution in [0.3, 0.4) is 0 Å². The molecular weight excluding hydrogens is 204 g/mol. The highest BCUT2D eigenvalue weighted by molar-refractivity contribution is 4.90. The molecule has 0 bridgehead atoms. The summed E-state index contributed by atoms with van der Waals surface area (Å²) in [6.07, 6.45) is 5.79. The van der Waals surface area contributed by atoms with Gasteiger partial charge in [-0.2, -0.15) is 0 Å². The normalized spacial score (nSPS) is 21.6. The largest absolute Gasteiger partial charge is 0.356 e. The number of nitrogens with two attached hydrogens (primary N) is 1. The van der Waals surface area contributed by atoms with Crippen molar-refractivity contribution in [3.05, 3.63) is 0 Å². The van der Waals surface area contributed by atoms with Gasteiger partial charge in [0.25, 0.3) is 0 Å². The molecule has 16 heavy (non-hydrogen) atoms. The van der Waals surface area contributed by atoms with Crippen LogP contribution in [0.1, 0.15) is 39.0 Å². The van der Waals surface area contributed by atoms with Gasteiger partial charge in [-0.3, -0.25) is 0 Å². The van der Waals surface area contributed by atoms with Gasteiger partial charge in [-0.1, -0.05) is 12.8 Å². The van der Waals surface area contributed by atoms with Crippen LogP contribution < -0.4 is 11.1 Å². The van der Waals surface area contributed by atoms with Gasteiger partial charge in [0.05, 0.1) is 0 Å². The molecule has 1 aliphatic rings. The molecular formula is C12H26N2O2. The summed E-state index contributed by atoms with van der Waals surface area (Å²) in [4.78, 5) is 0. The molecule has 1 unspecified atom stereocenters. The van der Waals surface area contributed by atoms with Crippen LogP contribution in [0.2, 0.25) is 0 Å². The van der Waals surface area contributed by atoms with Crippen LogP contribution in [0, 0.1) is 0 Å². The summed E-state index contributed by atoms with van der Waals surface area (Å²) in [7, 11) is 3.33. The highest BCUT2D eigenvalue weighted by atomic mass is 16.7. The Kier molecular flexibility index (Phi) is 5.69. The molecule has 1 rings (SSSR count). The van der Waals surface area contributed by atoms with Crippen LogP contribution in [0.15, 0.2) is 0 Å². The summed E-state index contributed by atoms with van der Waals surface area (Å²) in [5, 5.41) is 3.66. The summed E-state index contributed by atoms with van der Waals surface area (Å²) in [6, 6.07) is 0.614. The summed E-state index contributed by atoms with van der Waals surface area (Å²) in [6.45, 7) is 2.75. The molecule has 1 atom stereocenters. The lowest BCUT2D eigenvalue weighted by molar-refractivity contribution is -0.117. The van der Waals surface area contributed by atoms with Crippen molar-refractivity contribution in [1.29, 1.82) is 0 Å². The summed E-state index contributed by atoms with van der Waals surface area (Å²) in [5.74, 6) is 0. The first-order valence-corrected chi connectivity index (χ1v) is 6.17. The van der Waals surface area contributed by atoms with Crippen molar-refractivity contribution in [2.45, 2.75) is 56.9 Å². The highest BCUT2D eigenvalue weighted by Gasteiger charge is 2.30. The smallest absolute Gasteiger partial charge is 0.158 e. The van der Waals surface area contributed by atoms with Gasteiger partial charge in [-0.25, -0.2) is 0 Å². The molecule has 0 aromatic rings. The quantitative estimate of drug-likeness (QED) is 0.646. The minimum absolute atomic E-state index is 0.0916. The number of hydrogen-bond acceptors (Lipinski definition) is 4. The average molecular weight is 230 g/mol. The van der Waals surface area contributed by atoms with E-state index in [2.05, 4.69) is 12.2 Å². The van der Waals surface area contributed by atoms with Crippen molar-refractivity contribution in [2.75, 3.05) is 20.8 Å². The Morgan fingerprint density at radius 2 is 1.88 bits per heavy atom. The van der Waals surface area contributed by atoms with E-state index in [4.69, 9.17) is 15.2 Å². The van der Waals surface area contributed by atoms with Gasteiger partial charge in [0.2, 0.25) is 0 Å². The summed E-state index contributed by atoms with van der Waals surface area (Å²) >= 11 is 0. The Bertz CT molecular complexity index is 185. The molecule has 0 aromatic heterocycles. The zero-order chi connectivity index (χ0) is 12.0.